The number of ketones is 1. The molecule has 140 valence electrons. The summed E-state index contributed by atoms with van der Waals surface area (Å²) in [6.07, 6.45) is 0. The van der Waals surface area contributed by atoms with E-state index >= 15 is 0 Å². The van der Waals surface area contributed by atoms with Crippen LogP contribution in [0, 0.1) is 20.8 Å². The van der Waals surface area contributed by atoms with Crippen LogP contribution in [0.25, 0.3) is 10.9 Å². The van der Waals surface area contributed by atoms with Crippen LogP contribution in [0.4, 0.5) is 5.69 Å². The number of para-hydroxylation sites is 2. The van der Waals surface area contributed by atoms with Crippen molar-refractivity contribution in [2.75, 3.05) is 25.5 Å². The zero-order chi connectivity index (χ0) is 19.6. The highest BCUT2D eigenvalue weighted by Gasteiger charge is 2.21. The lowest BCUT2D eigenvalue weighted by Crippen LogP contribution is -3.11. The molecule has 5 heteroatoms. The molecule has 0 fully saturated rings. The topological polar surface area (TPSA) is 66.4 Å². The number of likely N-dealkylation sites (N-methyl/N-ethyl adjacent to an activating group) is 1. The van der Waals surface area contributed by atoms with E-state index in [1.165, 1.54) is 0 Å². The number of aryl methyl sites for hydroxylation is 3. The van der Waals surface area contributed by atoms with Crippen LogP contribution < -0.4 is 10.2 Å². The van der Waals surface area contributed by atoms with Gasteiger partial charge in [0, 0.05) is 22.3 Å². The molecule has 0 saturated carbocycles. The van der Waals surface area contributed by atoms with Crippen LogP contribution in [-0.2, 0) is 4.79 Å². The Kier molecular flexibility index (Phi) is 5.42. The summed E-state index contributed by atoms with van der Waals surface area (Å²) in [6.45, 7) is 6.37. The quantitative estimate of drug-likeness (QED) is 0.588. The normalized spacial score (nSPS) is 12.1. The maximum absolute atomic E-state index is 12.8. The van der Waals surface area contributed by atoms with Gasteiger partial charge in [0.05, 0.1) is 12.6 Å². The van der Waals surface area contributed by atoms with Crippen LogP contribution >= 0.6 is 0 Å². The van der Waals surface area contributed by atoms with Gasteiger partial charge in [0.1, 0.15) is 6.54 Å². The van der Waals surface area contributed by atoms with Gasteiger partial charge in [-0.2, -0.15) is 0 Å². The minimum atomic E-state index is -0.0895. The van der Waals surface area contributed by atoms with Gasteiger partial charge in [0.15, 0.2) is 6.54 Å². The summed E-state index contributed by atoms with van der Waals surface area (Å²) in [4.78, 5) is 29.4. The van der Waals surface area contributed by atoms with Crippen LogP contribution in [0.15, 0.2) is 42.5 Å². The lowest BCUT2D eigenvalue weighted by atomic mass is 10.1. The summed E-state index contributed by atoms with van der Waals surface area (Å²) >= 11 is 0. The SMILES string of the molecule is Cc1cccc(C)c1NC(=O)C[NH+](C)CC(=O)c1c(C)[nH]c2ccccc12. The number of Topliss-reactive ketones (excluding diaryl/α,β-unsaturated/α-hetero) is 1. The molecule has 3 rings (SSSR count). The average Bonchev–Trinajstić information content (AvgIpc) is 2.93. The molecule has 1 amide bonds. The molecular weight excluding hydrogens is 338 g/mol. The molecule has 3 aromatic rings. The van der Waals surface area contributed by atoms with E-state index in [1.54, 1.807) is 0 Å². The molecule has 2 aromatic carbocycles. The van der Waals surface area contributed by atoms with Crippen molar-refractivity contribution >= 4 is 28.3 Å². The summed E-state index contributed by atoms with van der Waals surface area (Å²) in [7, 11) is 1.87. The third-order valence-electron chi connectivity index (χ3n) is 4.84. The first kappa shape index (κ1) is 18.9. The third kappa shape index (κ3) is 4.09. The molecule has 1 atom stereocenters. The molecule has 0 saturated heterocycles. The van der Waals surface area contributed by atoms with E-state index < -0.39 is 0 Å². The number of quaternary nitrogens is 1. The maximum Gasteiger partial charge on any atom is 0.279 e. The first-order chi connectivity index (χ1) is 12.9. The largest absolute Gasteiger partial charge is 0.358 e. The van der Waals surface area contributed by atoms with Crippen LogP contribution in [0.2, 0.25) is 0 Å². The lowest BCUT2D eigenvalue weighted by Gasteiger charge is -2.15. The Hall–Kier alpha value is -2.92. The molecule has 27 heavy (non-hydrogen) atoms. The van der Waals surface area contributed by atoms with Crippen LogP contribution in [0.5, 0.6) is 0 Å². The summed E-state index contributed by atoms with van der Waals surface area (Å²) in [5.41, 5.74) is 5.48. The predicted octanol–water partition coefficient (Wildman–Crippen LogP) is 2.43. The second-order valence-corrected chi connectivity index (χ2v) is 7.22. The van der Waals surface area contributed by atoms with Crippen molar-refractivity contribution in [1.82, 2.24) is 4.98 Å². The summed E-state index contributed by atoms with van der Waals surface area (Å²) in [5, 5.41) is 3.92. The second kappa shape index (κ2) is 7.76. The monoisotopic (exact) mass is 364 g/mol. The highest BCUT2D eigenvalue weighted by molar-refractivity contribution is 6.09. The standard InChI is InChI=1S/C22H25N3O2/c1-14-8-7-9-15(2)22(14)24-20(27)13-25(4)12-19(26)21-16(3)23-18-11-6-5-10-17(18)21/h5-11,23H,12-13H2,1-4H3,(H,24,27)/p+1. The molecule has 5 nitrogen and oxygen atoms in total. The summed E-state index contributed by atoms with van der Waals surface area (Å²) in [6, 6.07) is 13.7. The molecule has 1 unspecified atom stereocenters. The van der Waals surface area contributed by atoms with E-state index in [2.05, 4.69) is 10.3 Å². The van der Waals surface area contributed by atoms with Gasteiger partial charge >= 0.3 is 0 Å². The molecule has 0 radical (unpaired) electrons. The Morgan fingerprint density at radius 3 is 2.33 bits per heavy atom. The number of anilines is 1. The molecular formula is C22H26N3O2+. The minimum absolute atomic E-state index is 0.0438. The fourth-order valence-corrected chi connectivity index (χ4v) is 3.53. The average molecular weight is 364 g/mol. The number of carbonyl (C=O) groups excluding carboxylic acids is 2. The zero-order valence-electron chi connectivity index (χ0n) is 16.3. The van der Waals surface area contributed by atoms with Gasteiger partial charge < -0.3 is 15.2 Å². The summed E-state index contributed by atoms with van der Waals surface area (Å²) < 4.78 is 0. The number of H-pyrrole nitrogens is 1. The number of fused-ring (bicyclic) bond motifs is 1. The van der Waals surface area contributed by atoms with Gasteiger partial charge in [-0.15, -0.1) is 0 Å². The van der Waals surface area contributed by atoms with E-state index in [9.17, 15) is 9.59 Å². The highest BCUT2D eigenvalue weighted by Crippen LogP contribution is 2.22. The van der Waals surface area contributed by atoms with Crippen molar-refractivity contribution in [3.63, 3.8) is 0 Å². The van der Waals surface area contributed by atoms with E-state index in [4.69, 9.17) is 0 Å². The van der Waals surface area contributed by atoms with Crippen LogP contribution in [0.1, 0.15) is 27.2 Å². The zero-order valence-corrected chi connectivity index (χ0v) is 16.3. The Bertz CT molecular complexity index is 984. The number of aromatic nitrogens is 1. The van der Waals surface area contributed by atoms with Crippen molar-refractivity contribution in [1.29, 1.82) is 0 Å². The van der Waals surface area contributed by atoms with E-state index in [0.29, 0.717) is 0 Å². The minimum Gasteiger partial charge on any atom is -0.358 e. The Balaban J connectivity index is 1.66. The molecule has 0 aliphatic heterocycles. The Morgan fingerprint density at radius 1 is 0.963 bits per heavy atom. The number of benzene rings is 2. The first-order valence-corrected chi connectivity index (χ1v) is 9.14. The number of hydrogen-bond donors (Lipinski definition) is 3. The van der Waals surface area contributed by atoms with Gasteiger partial charge in [-0.25, -0.2) is 0 Å². The van der Waals surface area contributed by atoms with Gasteiger partial charge in [-0.05, 0) is 38.0 Å². The number of rotatable bonds is 6. The first-order valence-electron chi connectivity index (χ1n) is 9.14. The van der Waals surface area contributed by atoms with Crippen molar-refractivity contribution in [2.45, 2.75) is 20.8 Å². The molecule has 0 aliphatic rings. The van der Waals surface area contributed by atoms with Gasteiger partial charge in [-0.3, -0.25) is 9.59 Å². The van der Waals surface area contributed by atoms with E-state index in [1.807, 2.05) is 70.3 Å². The number of nitrogens with one attached hydrogen (secondary N) is 3. The summed E-state index contributed by atoms with van der Waals surface area (Å²) in [5.74, 6) is -0.0457. The van der Waals surface area contributed by atoms with E-state index in [0.717, 1.165) is 43.9 Å². The lowest BCUT2D eigenvalue weighted by molar-refractivity contribution is -0.861. The second-order valence-electron chi connectivity index (χ2n) is 7.22. The number of amides is 1. The van der Waals surface area contributed by atoms with Gasteiger partial charge in [0.2, 0.25) is 5.78 Å². The molecule has 0 aliphatic carbocycles. The molecule has 1 aromatic heterocycles. The molecule has 0 spiro atoms. The predicted molar refractivity (Wildman–Crippen MR) is 109 cm³/mol. The van der Waals surface area contributed by atoms with Crippen molar-refractivity contribution in [3.8, 4) is 0 Å². The van der Waals surface area contributed by atoms with Gasteiger partial charge in [-0.1, -0.05) is 36.4 Å². The highest BCUT2D eigenvalue weighted by atomic mass is 16.2. The Labute approximate surface area is 159 Å². The molecule has 0 bridgehead atoms. The van der Waals surface area contributed by atoms with Crippen molar-refractivity contribution < 1.29 is 14.5 Å². The van der Waals surface area contributed by atoms with Crippen LogP contribution in [0.3, 0.4) is 0 Å². The number of aromatic amines is 1. The molecule has 1 heterocycles. The fourth-order valence-electron chi connectivity index (χ4n) is 3.53. The van der Waals surface area contributed by atoms with Crippen molar-refractivity contribution in [3.05, 3.63) is 64.8 Å². The van der Waals surface area contributed by atoms with Crippen LogP contribution in [-0.4, -0.2) is 36.8 Å². The van der Waals surface area contributed by atoms with Crippen molar-refractivity contribution in [2.24, 2.45) is 0 Å². The number of hydrogen-bond acceptors (Lipinski definition) is 2. The van der Waals surface area contributed by atoms with Gasteiger partial charge in [0.25, 0.3) is 5.91 Å². The Morgan fingerprint density at radius 2 is 1.63 bits per heavy atom. The number of carbonyl (C=O) groups is 2. The fraction of sp³-hybridized carbons (Fsp3) is 0.273. The third-order valence-corrected chi connectivity index (χ3v) is 4.84. The molecule has 3 N–H and O–H groups in total. The smallest absolute Gasteiger partial charge is 0.279 e. The van der Waals surface area contributed by atoms with E-state index in [-0.39, 0.29) is 24.8 Å². The maximum atomic E-state index is 12.8.